The van der Waals surface area contributed by atoms with Crippen LogP contribution in [0.25, 0.3) is 11.5 Å². The Morgan fingerprint density at radius 1 is 1.12 bits per heavy atom. The fourth-order valence-electron chi connectivity index (χ4n) is 3.04. The van der Waals surface area contributed by atoms with Crippen molar-refractivity contribution in [3.8, 4) is 11.5 Å². The molecule has 1 saturated carbocycles. The number of rotatable bonds is 7. The number of carbonyl (C=O) groups is 1. The van der Waals surface area contributed by atoms with Gasteiger partial charge in [0.25, 0.3) is 0 Å². The standard InChI is InChI=1S/C20H20N4O2/c25-17(22-14-20(11-12-20)15-6-2-1-3-7-15)9-10-18-23-19(24-26-18)16-8-4-5-13-21-16/h1-8,13H,9-12,14H2,(H,22,25). The molecule has 1 aliphatic carbocycles. The lowest BCUT2D eigenvalue weighted by Gasteiger charge is -2.16. The number of hydrogen-bond acceptors (Lipinski definition) is 5. The third-order valence-electron chi connectivity index (χ3n) is 4.79. The summed E-state index contributed by atoms with van der Waals surface area (Å²) < 4.78 is 5.22. The molecular weight excluding hydrogens is 328 g/mol. The topological polar surface area (TPSA) is 80.9 Å². The number of carbonyl (C=O) groups excluding carboxylic acids is 1. The molecule has 0 atom stereocenters. The van der Waals surface area contributed by atoms with Gasteiger partial charge in [0, 0.05) is 31.0 Å². The average Bonchev–Trinajstić information content (AvgIpc) is 3.35. The molecule has 6 nitrogen and oxygen atoms in total. The Bertz CT molecular complexity index is 873. The van der Waals surface area contributed by atoms with Crippen LogP contribution < -0.4 is 5.32 Å². The molecule has 2 aromatic heterocycles. The number of hydrogen-bond donors (Lipinski definition) is 1. The third-order valence-corrected chi connectivity index (χ3v) is 4.79. The van der Waals surface area contributed by atoms with Gasteiger partial charge in [0.05, 0.1) is 0 Å². The summed E-state index contributed by atoms with van der Waals surface area (Å²) >= 11 is 0. The molecule has 6 heteroatoms. The van der Waals surface area contributed by atoms with E-state index in [1.54, 1.807) is 6.20 Å². The van der Waals surface area contributed by atoms with Crippen molar-refractivity contribution >= 4 is 5.91 Å². The lowest BCUT2D eigenvalue weighted by molar-refractivity contribution is -0.121. The number of amides is 1. The molecule has 0 saturated heterocycles. The van der Waals surface area contributed by atoms with Gasteiger partial charge in [0.15, 0.2) is 0 Å². The zero-order valence-electron chi connectivity index (χ0n) is 14.4. The van der Waals surface area contributed by atoms with E-state index in [4.69, 9.17) is 4.52 Å². The Balaban J connectivity index is 1.28. The lowest BCUT2D eigenvalue weighted by atomic mass is 9.96. The number of benzene rings is 1. The van der Waals surface area contributed by atoms with Crippen LogP contribution in [0.1, 0.15) is 30.7 Å². The molecule has 1 aromatic carbocycles. The van der Waals surface area contributed by atoms with Gasteiger partial charge in [0.2, 0.25) is 17.6 Å². The van der Waals surface area contributed by atoms with Gasteiger partial charge in [-0.3, -0.25) is 9.78 Å². The predicted octanol–water partition coefficient (Wildman–Crippen LogP) is 2.91. The Morgan fingerprint density at radius 3 is 2.65 bits per heavy atom. The summed E-state index contributed by atoms with van der Waals surface area (Å²) in [4.78, 5) is 20.7. The van der Waals surface area contributed by atoms with Gasteiger partial charge in [-0.25, -0.2) is 0 Å². The SMILES string of the molecule is O=C(CCc1nc(-c2ccccn2)no1)NCC1(c2ccccc2)CC1. The van der Waals surface area contributed by atoms with Crippen molar-refractivity contribution in [2.45, 2.75) is 31.1 Å². The number of pyridine rings is 1. The van der Waals surface area contributed by atoms with Gasteiger partial charge < -0.3 is 9.84 Å². The smallest absolute Gasteiger partial charge is 0.227 e. The average molecular weight is 348 g/mol. The van der Waals surface area contributed by atoms with E-state index in [1.807, 2.05) is 36.4 Å². The second-order valence-electron chi connectivity index (χ2n) is 6.65. The molecule has 0 spiro atoms. The number of nitrogens with zero attached hydrogens (tertiary/aromatic N) is 3. The molecule has 1 aliphatic rings. The summed E-state index contributed by atoms with van der Waals surface area (Å²) in [5, 5.41) is 6.97. The van der Waals surface area contributed by atoms with Crippen LogP contribution >= 0.6 is 0 Å². The van der Waals surface area contributed by atoms with Gasteiger partial charge in [-0.1, -0.05) is 41.6 Å². The molecule has 132 valence electrons. The first-order valence-corrected chi connectivity index (χ1v) is 8.81. The van der Waals surface area contributed by atoms with Gasteiger partial charge in [-0.2, -0.15) is 4.98 Å². The van der Waals surface area contributed by atoms with Crippen LogP contribution in [-0.4, -0.2) is 27.6 Å². The van der Waals surface area contributed by atoms with Crippen molar-refractivity contribution in [3.05, 3.63) is 66.2 Å². The van der Waals surface area contributed by atoms with Gasteiger partial charge in [-0.15, -0.1) is 0 Å². The van der Waals surface area contributed by atoms with E-state index in [9.17, 15) is 4.79 Å². The predicted molar refractivity (Wildman–Crippen MR) is 96.2 cm³/mol. The Hall–Kier alpha value is -3.02. The van der Waals surface area contributed by atoms with Crippen molar-refractivity contribution in [1.82, 2.24) is 20.4 Å². The molecule has 26 heavy (non-hydrogen) atoms. The minimum atomic E-state index is 0.00444. The quantitative estimate of drug-likeness (QED) is 0.710. The number of nitrogens with one attached hydrogen (secondary N) is 1. The van der Waals surface area contributed by atoms with Crippen LogP contribution in [-0.2, 0) is 16.6 Å². The van der Waals surface area contributed by atoms with Crippen LogP contribution in [0.4, 0.5) is 0 Å². The van der Waals surface area contributed by atoms with Crippen LogP contribution in [0.3, 0.4) is 0 Å². The van der Waals surface area contributed by atoms with Gasteiger partial charge >= 0.3 is 0 Å². The molecule has 2 heterocycles. The Kier molecular flexibility index (Phi) is 4.48. The summed E-state index contributed by atoms with van der Waals surface area (Å²) in [6.07, 6.45) is 4.67. The van der Waals surface area contributed by atoms with Crippen molar-refractivity contribution in [2.75, 3.05) is 6.54 Å². The normalized spacial score (nSPS) is 14.8. The molecule has 4 rings (SSSR count). The molecule has 1 fully saturated rings. The first-order chi connectivity index (χ1) is 12.8. The van der Waals surface area contributed by atoms with E-state index in [0.717, 1.165) is 12.8 Å². The van der Waals surface area contributed by atoms with Crippen molar-refractivity contribution in [3.63, 3.8) is 0 Å². The first-order valence-electron chi connectivity index (χ1n) is 8.81. The number of aromatic nitrogens is 3. The Labute approximate surface area is 151 Å². The highest BCUT2D eigenvalue weighted by Crippen LogP contribution is 2.47. The lowest BCUT2D eigenvalue weighted by Crippen LogP contribution is -2.32. The van der Waals surface area contributed by atoms with Crippen LogP contribution in [0.5, 0.6) is 0 Å². The minimum Gasteiger partial charge on any atom is -0.355 e. The maximum absolute atomic E-state index is 12.2. The molecule has 1 N–H and O–H groups in total. The van der Waals surface area contributed by atoms with Crippen molar-refractivity contribution in [2.24, 2.45) is 0 Å². The summed E-state index contributed by atoms with van der Waals surface area (Å²) in [6.45, 7) is 0.679. The van der Waals surface area contributed by atoms with Gasteiger partial charge in [0.1, 0.15) is 5.69 Å². The monoisotopic (exact) mass is 348 g/mol. The van der Waals surface area contributed by atoms with E-state index in [0.29, 0.717) is 36.8 Å². The fourth-order valence-corrected chi connectivity index (χ4v) is 3.04. The highest BCUT2D eigenvalue weighted by Gasteiger charge is 2.44. The summed E-state index contributed by atoms with van der Waals surface area (Å²) in [7, 11) is 0. The maximum Gasteiger partial charge on any atom is 0.227 e. The largest absolute Gasteiger partial charge is 0.355 e. The van der Waals surface area contributed by atoms with Crippen molar-refractivity contribution < 1.29 is 9.32 Å². The van der Waals surface area contributed by atoms with E-state index >= 15 is 0 Å². The van der Waals surface area contributed by atoms with E-state index in [2.05, 4.69) is 32.6 Å². The maximum atomic E-state index is 12.2. The summed E-state index contributed by atoms with van der Waals surface area (Å²) in [6, 6.07) is 15.9. The van der Waals surface area contributed by atoms with Crippen LogP contribution in [0.2, 0.25) is 0 Å². The molecule has 0 unspecified atom stereocenters. The highest BCUT2D eigenvalue weighted by molar-refractivity contribution is 5.76. The molecule has 1 amide bonds. The summed E-state index contributed by atoms with van der Waals surface area (Å²) in [5.41, 5.74) is 2.08. The molecule has 0 bridgehead atoms. The minimum absolute atomic E-state index is 0.00444. The van der Waals surface area contributed by atoms with E-state index < -0.39 is 0 Å². The zero-order valence-corrected chi connectivity index (χ0v) is 14.4. The highest BCUT2D eigenvalue weighted by atomic mass is 16.5. The summed E-state index contributed by atoms with van der Waals surface area (Å²) in [5.74, 6) is 0.900. The van der Waals surface area contributed by atoms with Crippen molar-refractivity contribution in [1.29, 1.82) is 0 Å². The van der Waals surface area contributed by atoms with Crippen LogP contribution in [0.15, 0.2) is 59.3 Å². The molecule has 3 aromatic rings. The first kappa shape index (κ1) is 16.4. The fraction of sp³-hybridized carbons (Fsp3) is 0.300. The zero-order chi connectivity index (χ0) is 17.8. The van der Waals surface area contributed by atoms with E-state index in [1.165, 1.54) is 5.56 Å². The molecule has 0 radical (unpaired) electrons. The number of aryl methyl sites for hydroxylation is 1. The molecule has 0 aliphatic heterocycles. The van der Waals surface area contributed by atoms with Gasteiger partial charge in [-0.05, 0) is 30.5 Å². The third kappa shape index (κ3) is 3.64. The Morgan fingerprint density at radius 2 is 1.92 bits per heavy atom. The van der Waals surface area contributed by atoms with Crippen LogP contribution in [0, 0.1) is 0 Å². The van der Waals surface area contributed by atoms with E-state index in [-0.39, 0.29) is 11.3 Å². The second-order valence-corrected chi connectivity index (χ2v) is 6.65. The molecular formula is C20H20N4O2. The second kappa shape index (κ2) is 7.07.